The van der Waals surface area contributed by atoms with E-state index in [1.165, 1.54) is 0 Å². The molecule has 150 valence electrons. The number of likely N-dealkylation sites (N-methyl/N-ethyl adjacent to an activating group) is 1. The van der Waals surface area contributed by atoms with E-state index in [0.717, 1.165) is 46.2 Å². The molecule has 3 aromatic heterocycles. The van der Waals surface area contributed by atoms with Gasteiger partial charge in [-0.1, -0.05) is 25.1 Å². The topological polar surface area (TPSA) is 66.3 Å². The lowest BCUT2D eigenvalue weighted by Gasteiger charge is -2.30. The zero-order valence-corrected chi connectivity index (χ0v) is 18.0. The van der Waals surface area contributed by atoms with Crippen LogP contribution < -0.4 is 0 Å². The van der Waals surface area contributed by atoms with Crippen LogP contribution >= 0.6 is 22.7 Å². The largest absolute Gasteiger partial charge is 0.478 e. The van der Waals surface area contributed by atoms with Crippen molar-refractivity contribution < 1.29 is 9.90 Å². The first-order valence-electron chi connectivity index (χ1n) is 9.70. The van der Waals surface area contributed by atoms with Gasteiger partial charge in [-0.2, -0.15) is 11.3 Å². The van der Waals surface area contributed by atoms with Crippen LogP contribution in [0.5, 0.6) is 0 Å². The Bertz CT molecular complexity index is 1280. The molecule has 0 saturated heterocycles. The predicted molar refractivity (Wildman–Crippen MR) is 123 cm³/mol. The number of aromatic nitrogens is 2. The molecular weight excluding hydrogens is 414 g/mol. The Kier molecular flexibility index (Phi) is 4.94. The maximum absolute atomic E-state index is 12.2. The van der Waals surface area contributed by atoms with Gasteiger partial charge < -0.3 is 5.11 Å². The lowest BCUT2D eigenvalue weighted by molar-refractivity contribution is 0.0696. The number of aromatic carboxylic acids is 1. The molecule has 0 radical (unpaired) electrons. The van der Waals surface area contributed by atoms with Crippen LogP contribution in [0.2, 0.25) is 0 Å². The molecular formula is C23H19N3O2S2. The molecule has 0 aliphatic carbocycles. The van der Waals surface area contributed by atoms with Crippen LogP contribution in [0.1, 0.15) is 34.2 Å². The Balaban J connectivity index is 1.68. The minimum absolute atomic E-state index is 0.358. The number of para-hydroxylation sites is 1. The lowest BCUT2D eigenvalue weighted by Crippen LogP contribution is -2.31. The number of thiazole rings is 1. The van der Waals surface area contributed by atoms with Crippen LogP contribution in [0.15, 0.2) is 46.5 Å². The lowest BCUT2D eigenvalue weighted by atomic mass is 9.92. The molecule has 0 unspecified atom stereocenters. The summed E-state index contributed by atoms with van der Waals surface area (Å²) in [6.45, 7) is 4.23. The molecule has 5 rings (SSSR count). The van der Waals surface area contributed by atoms with Gasteiger partial charge in [0.1, 0.15) is 5.01 Å². The Labute approximate surface area is 182 Å². The molecule has 0 saturated carbocycles. The van der Waals surface area contributed by atoms with E-state index in [-0.39, 0.29) is 0 Å². The fraction of sp³-hybridized carbons (Fsp3) is 0.174. The third kappa shape index (κ3) is 3.35. The molecule has 1 aromatic carbocycles. The minimum atomic E-state index is -0.907. The zero-order valence-electron chi connectivity index (χ0n) is 16.3. The van der Waals surface area contributed by atoms with Crippen LogP contribution in [0.4, 0.5) is 0 Å². The van der Waals surface area contributed by atoms with E-state index in [1.807, 2.05) is 35.0 Å². The molecule has 1 aliphatic heterocycles. The maximum atomic E-state index is 12.2. The van der Waals surface area contributed by atoms with E-state index < -0.39 is 5.97 Å². The first-order chi connectivity index (χ1) is 14.6. The van der Waals surface area contributed by atoms with Crippen LogP contribution in [-0.4, -0.2) is 39.0 Å². The van der Waals surface area contributed by atoms with Crippen molar-refractivity contribution in [1.82, 2.24) is 14.9 Å². The van der Waals surface area contributed by atoms with E-state index in [1.54, 1.807) is 22.7 Å². The normalized spacial score (nSPS) is 15.6. The van der Waals surface area contributed by atoms with Gasteiger partial charge in [0.25, 0.3) is 0 Å². The third-order valence-corrected chi connectivity index (χ3v) is 6.94. The van der Waals surface area contributed by atoms with Crippen LogP contribution in [0.25, 0.3) is 33.1 Å². The van der Waals surface area contributed by atoms with Crippen molar-refractivity contribution in [3.8, 4) is 10.6 Å². The highest BCUT2D eigenvalue weighted by molar-refractivity contribution is 7.14. The van der Waals surface area contributed by atoms with Crippen molar-refractivity contribution in [3.05, 3.63) is 69.0 Å². The Hall–Kier alpha value is -2.87. The molecule has 30 heavy (non-hydrogen) atoms. The fourth-order valence-corrected chi connectivity index (χ4v) is 5.39. The molecule has 5 nitrogen and oxygen atoms in total. The number of carboxylic acids is 1. The van der Waals surface area contributed by atoms with Gasteiger partial charge >= 0.3 is 5.97 Å². The van der Waals surface area contributed by atoms with Gasteiger partial charge in [-0.05, 0) is 35.7 Å². The molecule has 1 N–H and O–H groups in total. The van der Waals surface area contributed by atoms with Crippen molar-refractivity contribution in [3.63, 3.8) is 0 Å². The predicted octanol–water partition coefficient (Wildman–Crippen LogP) is 5.49. The number of rotatable bonds is 4. The highest BCUT2D eigenvalue weighted by Gasteiger charge is 2.28. The summed E-state index contributed by atoms with van der Waals surface area (Å²) in [6.07, 6.45) is 2.06. The van der Waals surface area contributed by atoms with E-state index in [9.17, 15) is 9.90 Å². The van der Waals surface area contributed by atoms with Crippen LogP contribution in [0.3, 0.4) is 0 Å². The minimum Gasteiger partial charge on any atom is -0.478 e. The number of hydrogen-bond acceptors (Lipinski definition) is 6. The first kappa shape index (κ1) is 19.1. The van der Waals surface area contributed by atoms with Gasteiger partial charge in [0.15, 0.2) is 0 Å². The molecule has 0 spiro atoms. The van der Waals surface area contributed by atoms with E-state index in [0.29, 0.717) is 23.0 Å². The quantitative estimate of drug-likeness (QED) is 0.461. The van der Waals surface area contributed by atoms with Gasteiger partial charge in [0.05, 0.1) is 22.5 Å². The number of nitrogens with zero attached hydrogens (tertiary/aromatic N) is 3. The third-order valence-electron chi connectivity index (χ3n) is 5.35. The van der Waals surface area contributed by atoms with Gasteiger partial charge in [0.2, 0.25) is 0 Å². The number of fused-ring (bicyclic) bond motifs is 2. The summed E-state index contributed by atoms with van der Waals surface area (Å²) in [5, 5.41) is 17.9. The van der Waals surface area contributed by atoms with Crippen LogP contribution in [0, 0.1) is 0 Å². The number of thiophene rings is 1. The van der Waals surface area contributed by atoms with Gasteiger partial charge in [-0.25, -0.2) is 14.8 Å². The average Bonchev–Trinajstić information content (AvgIpc) is 3.43. The standard InChI is InChI=1S/C23H19N3O2S2/c1-2-26-10-15(9-16-13-30-22(24-16)14-7-8-29-12-14)21-18(11-26)20(23(27)28)17-5-3-4-6-19(17)25-21/h3-9,12-13H,2,10-11H2,1H3,(H,27,28). The Morgan fingerprint density at radius 2 is 2.07 bits per heavy atom. The summed E-state index contributed by atoms with van der Waals surface area (Å²) in [4.78, 5) is 24.1. The second-order valence-electron chi connectivity index (χ2n) is 7.20. The second-order valence-corrected chi connectivity index (χ2v) is 8.84. The second kappa shape index (κ2) is 7.75. The highest BCUT2D eigenvalue weighted by Crippen LogP contribution is 2.34. The molecule has 0 fully saturated rings. The van der Waals surface area contributed by atoms with Gasteiger partial charge in [-0.15, -0.1) is 11.3 Å². The zero-order chi connectivity index (χ0) is 20.7. The average molecular weight is 434 g/mol. The number of carbonyl (C=O) groups is 1. The van der Waals surface area contributed by atoms with Crippen LogP contribution in [-0.2, 0) is 6.54 Å². The van der Waals surface area contributed by atoms with Gasteiger partial charge in [-0.3, -0.25) is 4.90 Å². The smallest absolute Gasteiger partial charge is 0.336 e. The molecule has 1 aliphatic rings. The highest BCUT2D eigenvalue weighted by atomic mass is 32.1. The number of carboxylic acid groups (broad SMARTS) is 1. The fourth-order valence-electron chi connectivity index (χ4n) is 3.90. The Morgan fingerprint density at radius 1 is 1.20 bits per heavy atom. The van der Waals surface area contributed by atoms with E-state index in [4.69, 9.17) is 9.97 Å². The van der Waals surface area contributed by atoms with Crippen molar-refractivity contribution in [2.24, 2.45) is 0 Å². The number of hydrogen-bond donors (Lipinski definition) is 1. The first-order valence-corrected chi connectivity index (χ1v) is 11.5. The van der Waals surface area contributed by atoms with Crippen molar-refractivity contribution in [2.75, 3.05) is 13.1 Å². The van der Waals surface area contributed by atoms with E-state index in [2.05, 4.69) is 29.3 Å². The Morgan fingerprint density at radius 3 is 2.83 bits per heavy atom. The number of pyridine rings is 1. The van der Waals surface area contributed by atoms with E-state index >= 15 is 0 Å². The van der Waals surface area contributed by atoms with Crippen molar-refractivity contribution >= 4 is 51.2 Å². The molecule has 0 bridgehead atoms. The maximum Gasteiger partial charge on any atom is 0.336 e. The SMILES string of the molecule is CCN1CC(=Cc2csc(-c3ccsc3)n2)c2nc3ccccc3c(C(=O)O)c2C1. The molecule has 0 atom stereocenters. The number of benzene rings is 1. The summed E-state index contributed by atoms with van der Waals surface area (Å²) in [5.41, 5.74) is 5.65. The van der Waals surface area contributed by atoms with Crippen molar-refractivity contribution in [1.29, 1.82) is 0 Å². The monoisotopic (exact) mass is 433 g/mol. The molecule has 7 heteroatoms. The summed E-state index contributed by atoms with van der Waals surface area (Å²) < 4.78 is 0. The summed E-state index contributed by atoms with van der Waals surface area (Å²) in [6, 6.07) is 9.55. The summed E-state index contributed by atoms with van der Waals surface area (Å²) in [5.74, 6) is -0.907. The van der Waals surface area contributed by atoms with Gasteiger partial charge in [0, 0.05) is 40.4 Å². The summed E-state index contributed by atoms with van der Waals surface area (Å²) >= 11 is 3.27. The van der Waals surface area contributed by atoms with Crippen molar-refractivity contribution in [2.45, 2.75) is 13.5 Å². The molecule has 4 heterocycles. The molecule has 4 aromatic rings. The summed E-state index contributed by atoms with van der Waals surface area (Å²) in [7, 11) is 0. The molecule has 0 amide bonds.